The number of nitrogens with one attached hydrogen (secondary N) is 1. The monoisotopic (exact) mass is 252 g/mol. The maximum atomic E-state index is 11.3. The second-order valence-corrected chi connectivity index (χ2v) is 6.07. The summed E-state index contributed by atoms with van der Waals surface area (Å²) in [4.78, 5) is 0. The van der Waals surface area contributed by atoms with Gasteiger partial charge in [0.05, 0.1) is 12.4 Å². The molecule has 2 N–H and O–H groups in total. The molecule has 2 unspecified atom stereocenters. The zero-order valence-corrected chi connectivity index (χ0v) is 11.4. The summed E-state index contributed by atoms with van der Waals surface area (Å²) < 4.78 is 24.0. The molecule has 2 atom stereocenters. The lowest BCUT2D eigenvalue weighted by Crippen LogP contribution is -2.38. The Labute approximate surface area is 98.9 Å². The van der Waals surface area contributed by atoms with E-state index in [1.165, 1.54) is 10.6 Å². The zero-order chi connectivity index (χ0) is 12.8. The highest BCUT2D eigenvalue weighted by Gasteiger charge is 2.13. The van der Waals surface area contributed by atoms with Crippen molar-refractivity contribution >= 4 is 10.0 Å². The van der Waals surface area contributed by atoms with E-state index in [0.717, 1.165) is 6.42 Å². The predicted octanol–water partition coefficient (Wildman–Crippen LogP) is 0.0169. The molecule has 0 aromatic carbocycles. The van der Waals surface area contributed by atoms with E-state index in [1.54, 1.807) is 6.92 Å². The van der Waals surface area contributed by atoms with E-state index in [2.05, 4.69) is 5.32 Å². The maximum absolute atomic E-state index is 11.3. The molecule has 5 nitrogen and oxygen atoms in total. The molecule has 0 bridgehead atoms. The second-order valence-electron chi connectivity index (χ2n) is 4.09. The van der Waals surface area contributed by atoms with E-state index in [4.69, 9.17) is 0 Å². The predicted molar refractivity (Wildman–Crippen MR) is 65.9 cm³/mol. The minimum Gasteiger partial charge on any atom is -0.392 e. The van der Waals surface area contributed by atoms with Gasteiger partial charge in [0.15, 0.2) is 0 Å². The summed E-state index contributed by atoms with van der Waals surface area (Å²) in [5.41, 5.74) is 0. The molecule has 6 heteroatoms. The first-order chi connectivity index (χ1) is 7.29. The highest BCUT2D eigenvalue weighted by atomic mass is 32.2. The van der Waals surface area contributed by atoms with Gasteiger partial charge in [-0.2, -0.15) is 0 Å². The molecule has 0 aliphatic rings. The summed E-state index contributed by atoms with van der Waals surface area (Å²) in [5, 5.41) is 12.4. The van der Waals surface area contributed by atoms with Gasteiger partial charge in [-0.25, -0.2) is 12.7 Å². The Morgan fingerprint density at radius 1 is 1.38 bits per heavy atom. The van der Waals surface area contributed by atoms with Crippen molar-refractivity contribution in [1.29, 1.82) is 0 Å². The topological polar surface area (TPSA) is 69.6 Å². The highest BCUT2D eigenvalue weighted by molar-refractivity contribution is 7.88. The summed E-state index contributed by atoms with van der Waals surface area (Å²) in [5.74, 6) is 0. The lowest BCUT2D eigenvalue weighted by molar-refractivity contribution is 0.152. The number of aliphatic hydroxyl groups is 1. The molecule has 0 saturated heterocycles. The number of sulfonamides is 1. The number of rotatable bonds is 8. The number of aliphatic hydroxyl groups excluding tert-OH is 1. The molecular formula is C10H24N2O3S. The minimum atomic E-state index is -3.08. The van der Waals surface area contributed by atoms with Crippen LogP contribution in [-0.4, -0.2) is 55.9 Å². The average Bonchev–Trinajstić information content (AvgIpc) is 2.15. The van der Waals surface area contributed by atoms with Crippen molar-refractivity contribution in [2.75, 3.05) is 25.9 Å². The first-order valence-electron chi connectivity index (χ1n) is 5.65. The van der Waals surface area contributed by atoms with Crippen LogP contribution in [0.3, 0.4) is 0 Å². The summed E-state index contributed by atoms with van der Waals surface area (Å²) >= 11 is 0. The highest BCUT2D eigenvalue weighted by Crippen LogP contribution is 1.98. The van der Waals surface area contributed by atoms with Crippen molar-refractivity contribution in [3.63, 3.8) is 0 Å². The second kappa shape index (κ2) is 7.21. The summed E-state index contributed by atoms with van der Waals surface area (Å²) in [6.45, 7) is 7.19. The van der Waals surface area contributed by atoms with Crippen LogP contribution in [0.15, 0.2) is 0 Å². The molecule has 0 aromatic heterocycles. The maximum Gasteiger partial charge on any atom is 0.211 e. The molecule has 0 fully saturated rings. The Hall–Kier alpha value is -0.170. The molecule has 0 aliphatic heterocycles. The van der Waals surface area contributed by atoms with Gasteiger partial charge < -0.3 is 10.4 Å². The third-order valence-corrected chi connectivity index (χ3v) is 3.97. The Kier molecular flexibility index (Phi) is 7.14. The third kappa shape index (κ3) is 6.42. The van der Waals surface area contributed by atoms with Crippen LogP contribution in [0.2, 0.25) is 0 Å². The summed E-state index contributed by atoms with van der Waals surface area (Å²) in [7, 11) is -3.08. The van der Waals surface area contributed by atoms with Crippen molar-refractivity contribution in [3.8, 4) is 0 Å². The molecule has 0 aromatic rings. The normalized spacial score (nSPS) is 16.4. The molecule has 0 amide bonds. The largest absolute Gasteiger partial charge is 0.392 e. The van der Waals surface area contributed by atoms with Crippen LogP contribution in [0.25, 0.3) is 0 Å². The van der Waals surface area contributed by atoms with Gasteiger partial charge in [0.25, 0.3) is 0 Å². The lowest BCUT2D eigenvalue weighted by Gasteiger charge is -2.20. The molecule has 0 spiro atoms. The Morgan fingerprint density at radius 2 is 1.94 bits per heavy atom. The smallest absolute Gasteiger partial charge is 0.211 e. The molecule has 0 rings (SSSR count). The van der Waals surface area contributed by atoms with E-state index in [0.29, 0.717) is 19.6 Å². The number of nitrogens with zero attached hydrogens (tertiary/aromatic N) is 1. The molecule has 0 aliphatic carbocycles. The molecule has 0 heterocycles. The van der Waals surface area contributed by atoms with Crippen LogP contribution in [0, 0.1) is 0 Å². The fraction of sp³-hybridized carbons (Fsp3) is 1.00. The van der Waals surface area contributed by atoms with Crippen molar-refractivity contribution in [3.05, 3.63) is 0 Å². The lowest BCUT2D eigenvalue weighted by atomic mass is 10.2. The van der Waals surface area contributed by atoms with Gasteiger partial charge in [0, 0.05) is 19.1 Å². The van der Waals surface area contributed by atoms with Crippen LogP contribution < -0.4 is 5.32 Å². The Bertz CT molecular complexity index is 278. The van der Waals surface area contributed by atoms with Gasteiger partial charge in [-0.3, -0.25) is 0 Å². The zero-order valence-electron chi connectivity index (χ0n) is 10.6. The minimum absolute atomic E-state index is 0.0355. The number of hydrogen-bond donors (Lipinski definition) is 2. The van der Waals surface area contributed by atoms with Crippen LogP contribution in [0.5, 0.6) is 0 Å². The standard InChI is InChI=1S/C10H24N2O3S/c1-5-12(16(4,14)15)8-6-7-11-9(2)10(3)13/h9-11,13H,5-8H2,1-4H3. The van der Waals surface area contributed by atoms with Crippen molar-refractivity contribution in [2.45, 2.75) is 39.3 Å². The molecule has 16 heavy (non-hydrogen) atoms. The van der Waals surface area contributed by atoms with E-state index in [-0.39, 0.29) is 6.04 Å². The van der Waals surface area contributed by atoms with E-state index >= 15 is 0 Å². The third-order valence-electron chi connectivity index (χ3n) is 2.60. The van der Waals surface area contributed by atoms with E-state index in [1.807, 2.05) is 13.8 Å². The van der Waals surface area contributed by atoms with Crippen LogP contribution in [0.1, 0.15) is 27.2 Å². The van der Waals surface area contributed by atoms with Gasteiger partial charge in [-0.1, -0.05) is 6.92 Å². The molecule has 98 valence electrons. The van der Waals surface area contributed by atoms with Gasteiger partial charge in [0.1, 0.15) is 0 Å². The molecular weight excluding hydrogens is 228 g/mol. The van der Waals surface area contributed by atoms with E-state index in [9.17, 15) is 13.5 Å². The van der Waals surface area contributed by atoms with Gasteiger partial charge in [-0.05, 0) is 26.8 Å². The quantitative estimate of drug-likeness (QED) is 0.597. The Morgan fingerprint density at radius 3 is 2.31 bits per heavy atom. The fourth-order valence-corrected chi connectivity index (χ4v) is 2.24. The average molecular weight is 252 g/mol. The van der Waals surface area contributed by atoms with Gasteiger partial charge in [0.2, 0.25) is 10.0 Å². The van der Waals surface area contributed by atoms with Crippen LogP contribution in [-0.2, 0) is 10.0 Å². The molecule has 0 radical (unpaired) electrons. The van der Waals surface area contributed by atoms with Gasteiger partial charge in [-0.15, -0.1) is 0 Å². The SMILES string of the molecule is CCN(CCCNC(C)C(C)O)S(C)(=O)=O. The van der Waals surface area contributed by atoms with Crippen molar-refractivity contribution < 1.29 is 13.5 Å². The van der Waals surface area contributed by atoms with Crippen LogP contribution in [0.4, 0.5) is 0 Å². The number of hydrogen-bond acceptors (Lipinski definition) is 4. The van der Waals surface area contributed by atoms with Crippen molar-refractivity contribution in [2.24, 2.45) is 0 Å². The van der Waals surface area contributed by atoms with E-state index < -0.39 is 16.1 Å². The first kappa shape index (κ1) is 15.8. The summed E-state index contributed by atoms with van der Waals surface area (Å²) in [6, 6.07) is 0.0355. The van der Waals surface area contributed by atoms with Crippen LogP contribution >= 0.6 is 0 Å². The summed E-state index contributed by atoms with van der Waals surface area (Å²) in [6.07, 6.45) is 1.58. The Balaban J connectivity index is 3.81. The van der Waals surface area contributed by atoms with Crippen molar-refractivity contribution in [1.82, 2.24) is 9.62 Å². The first-order valence-corrected chi connectivity index (χ1v) is 7.50. The van der Waals surface area contributed by atoms with Gasteiger partial charge >= 0.3 is 0 Å². The molecule has 0 saturated carbocycles. The fourth-order valence-electron chi connectivity index (χ4n) is 1.31.